The van der Waals surface area contributed by atoms with E-state index in [1.54, 1.807) is 0 Å². The summed E-state index contributed by atoms with van der Waals surface area (Å²) in [6.45, 7) is 7.33. The normalized spacial score (nSPS) is 33.0. The van der Waals surface area contributed by atoms with Gasteiger partial charge in [-0.25, -0.2) is 4.79 Å². The molecule has 4 fully saturated rings. The summed E-state index contributed by atoms with van der Waals surface area (Å²) < 4.78 is 16.3. The minimum atomic E-state index is -0.635. The lowest BCUT2D eigenvalue weighted by Crippen LogP contribution is -2.46. The van der Waals surface area contributed by atoms with E-state index in [0.717, 1.165) is 25.7 Å². The largest absolute Gasteiger partial charge is 0.458 e. The van der Waals surface area contributed by atoms with Gasteiger partial charge in [-0.2, -0.15) is 0 Å². The maximum absolute atomic E-state index is 12.2. The molecule has 26 heavy (non-hydrogen) atoms. The molecule has 6 heteroatoms. The van der Waals surface area contributed by atoms with Crippen LogP contribution in [0.3, 0.4) is 0 Å². The molecule has 2 saturated heterocycles. The second-order valence-electron chi connectivity index (χ2n) is 9.25. The molecule has 4 bridgehead atoms. The molecule has 4 rings (SSSR count). The van der Waals surface area contributed by atoms with Gasteiger partial charge in [-0.05, 0) is 57.8 Å². The van der Waals surface area contributed by atoms with E-state index >= 15 is 0 Å². The molecule has 146 valence electrons. The van der Waals surface area contributed by atoms with E-state index in [2.05, 4.69) is 0 Å². The maximum Gasteiger partial charge on any atom is 0.344 e. The van der Waals surface area contributed by atoms with Gasteiger partial charge in [-0.15, -0.1) is 0 Å². The first-order valence-electron chi connectivity index (χ1n) is 9.73. The number of carbonyl (C=O) groups excluding carboxylic acids is 3. The zero-order valence-electron chi connectivity index (χ0n) is 16.2. The van der Waals surface area contributed by atoms with Crippen LogP contribution in [0.25, 0.3) is 0 Å². The Balaban J connectivity index is 1.54. The van der Waals surface area contributed by atoms with Crippen molar-refractivity contribution in [2.45, 2.75) is 72.0 Å². The molecule has 2 aliphatic heterocycles. The Labute approximate surface area is 154 Å². The molecule has 0 aromatic rings. The van der Waals surface area contributed by atoms with Gasteiger partial charge in [0, 0.05) is 5.92 Å². The van der Waals surface area contributed by atoms with Crippen molar-refractivity contribution in [3.05, 3.63) is 0 Å². The standard InChI is InChI=1S/C20H30O6/c1-11(2)9-20(3,4)19(23)24-10-16(21)26-17-13-5-12-6-14(8-13)18(22)25-15(17)7-12/h11-15,17H,5-10H2,1-4H3. The van der Waals surface area contributed by atoms with E-state index in [9.17, 15) is 14.4 Å². The lowest BCUT2D eigenvalue weighted by atomic mass is 9.67. The molecule has 2 heterocycles. The summed E-state index contributed by atoms with van der Waals surface area (Å²) in [5.41, 5.74) is -0.635. The highest BCUT2D eigenvalue weighted by Gasteiger charge is 2.51. The molecule has 6 nitrogen and oxygen atoms in total. The average molecular weight is 366 g/mol. The average Bonchev–Trinajstić information content (AvgIpc) is 2.69. The summed E-state index contributed by atoms with van der Waals surface area (Å²) in [6, 6.07) is 0. The van der Waals surface area contributed by atoms with Gasteiger partial charge in [-0.3, -0.25) is 9.59 Å². The molecule has 0 radical (unpaired) electrons. The number of hydrogen-bond donors (Lipinski definition) is 0. The molecule has 5 atom stereocenters. The first kappa shape index (κ1) is 19.2. The SMILES string of the molecule is CC(C)CC(C)(C)C(=O)OCC(=O)OC1C2CC3CC(C2)C(=O)OC1C3. The molecule has 0 aromatic carbocycles. The number of ether oxygens (including phenoxy) is 3. The Kier molecular flexibility index (Phi) is 5.31. The molecule has 4 aliphatic rings. The van der Waals surface area contributed by atoms with Crippen molar-refractivity contribution >= 4 is 17.9 Å². The van der Waals surface area contributed by atoms with Crippen molar-refractivity contribution in [2.24, 2.45) is 29.1 Å². The van der Waals surface area contributed by atoms with Gasteiger partial charge in [0.2, 0.25) is 0 Å². The second-order valence-corrected chi connectivity index (χ2v) is 9.25. The van der Waals surface area contributed by atoms with Crippen molar-refractivity contribution in [3.8, 4) is 0 Å². The Morgan fingerprint density at radius 2 is 1.92 bits per heavy atom. The fourth-order valence-corrected chi connectivity index (χ4v) is 5.05. The molecule has 2 aliphatic carbocycles. The fraction of sp³-hybridized carbons (Fsp3) is 0.850. The monoisotopic (exact) mass is 366 g/mol. The van der Waals surface area contributed by atoms with Crippen molar-refractivity contribution < 1.29 is 28.6 Å². The lowest BCUT2D eigenvalue weighted by molar-refractivity contribution is -0.180. The van der Waals surface area contributed by atoms with Crippen molar-refractivity contribution in [2.75, 3.05) is 6.61 Å². The van der Waals surface area contributed by atoms with Crippen LogP contribution < -0.4 is 0 Å². The predicted octanol–water partition coefficient (Wildman–Crippen LogP) is 2.88. The molecule has 0 N–H and O–H groups in total. The van der Waals surface area contributed by atoms with E-state index in [4.69, 9.17) is 14.2 Å². The fourth-order valence-electron chi connectivity index (χ4n) is 5.05. The van der Waals surface area contributed by atoms with E-state index in [1.807, 2.05) is 27.7 Å². The predicted molar refractivity (Wildman–Crippen MR) is 92.9 cm³/mol. The number of carbonyl (C=O) groups is 3. The van der Waals surface area contributed by atoms with Crippen LogP contribution in [0, 0.1) is 29.1 Å². The second kappa shape index (κ2) is 7.20. The number of fused-ring (bicyclic) bond motifs is 1. The van der Waals surface area contributed by atoms with Crippen LogP contribution in [0.15, 0.2) is 0 Å². The van der Waals surface area contributed by atoms with E-state index < -0.39 is 30.1 Å². The topological polar surface area (TPSA) is 78.9 Å². The zero-order chi connectivity index (χ0) is 19.1. The molecule has 5 unspecified atom stereocenters. The summed E-state index contributed by atoms with van der Waals surface area (Å²) in [6.07, 6.45) is 3.29. The highest BCUT2D eigenvalue weighted by atomic mass is 16.6. The summed E-state index contributed by atoms with van der Waals surface area (Å²) in [5.74, 6) is -0.148. The van der Waals surface area contributed by atoms with E-state index in [0.29, 0.717) is 18.3 Å². The summed E-state index contributed by atoms with van der Waals surface area (Å²) in [7, 11) is 0. The van der Waals surface area contributed by atoms with Crippen LogP contribution >= 0.6 is 0 Å². The molecular weight excluding hydrogens is 336 g/mol. The molecule has 2 saturated carbocycles. The Morgan fingerprint density at radius 1 is 1.19 bits per heavy atom. The van der Waals surface area contributed by atoms with Crippen LogP contribution in [0.5, 0.6) is 0 Å². The molecule has 0 spiro atoms. The van der Waals surface area contributed by atoms with Crippen LogP contribution in [0.2, 0.25) is 0 Å². The molecular formula is C20H30O6. The van der Waals surface area contributed by atoms with Gasteiger partial charge >= 0.3 is 17.9 Å². The Morgan fingerprint density at radius 3 is 2.62 bits per heavy atom. The number of esters is 3. The minimum Gasteiger partial charge on any atom is -0.458 e. The Bertz CT molecular complexity index is 581. The molecule has 0 aromatic heterocycles. The van der Waals surface area contributed by atoms with Gasteiger partial charge in [0.25, 0.3) is 0 Å². The quantitative estimate of drug-likeness (QED) is 0.531. The van der Waals surface area contributed by atoms with Crippen molar-refractivity contribution in [1.29, 1.82) is 0 Å². The summed E-state index contributed by atoms with van der Waals surface area (Å²) >= 11 is 0. The highest BCUT2D eigenvalue weighted by molar-refractivity contribution is 5.80. The zero-order valence-corrected chi connectivity index (χ0v) is 16.2. The highest BCUT2D eigenvalue weighted by Crippen LogP contribution is 2.48. The van der Waals surface area contributed by atoms with Gasteiger partial charge in [0.15, 0.2) is 6.61 Å². The molecule has 0 amide bonds. The first-order chi connectivity index (χ1) is 12.2. The van der Waals surface area contributed by atoms with Gasteiger partial charge in [0.1, 0.15) is 12.2 Å². The van der Waals surface area contributed by atoms with Crippen LogP contribution in [-0.2, 0) is 28.6 Å². The Hall–Kier alpha value is -1.59. The first-order valence-corrected chi connectivity index (χ1v) is 9.73. The number of hydrogen-bond acceptors (Lipinski definition) is 6. The summed E-state index contributed by atoms with van der Waals surface area (Å²) in [5, 5.41) is 0. The van der Waals surface area contributed by atoms with Crippen LogP contribution in [0.1, 0.15) is 59.8 Å². The lowest BCUT2D eigenvalue weighted by Gasteiger charge is -2.41. The van der Waals surface area contributed by atoms with Gasteiger partial charge < -0.3 is 14.2 Å². The van der Waals surface area contributed by atoms with Crippen LogP contribution in [-0.4, -0.2) is 36.7 Å². The van der Waals surface area contributed by atoms with E-state index in [1.165, 1.54) is 0 Å². The van der Waals surface area contributed by atoms with Crippen molar-refractivity contribution in [1.82, 2.24) is 0 Å². The maximum atomic E-state index is 12.2. The van der Waals surface area contributed by atoms with Gasteiger partial charge in [0.05, 0.1) is 11.3 Å². The smallest absolute Gasteiger partial charge is 0.344 e. The minimum absolute atomic E-state index is 0.0536. The van der Waals surface area contributed by atoms with Gasteiger partial charge in [-0.1, -0.05) is 13.8 Å². The summed E-state index contributed by atoms with van der Waals surface area (Å²) in [4.78, 5) is 36.6. The third kappa shape index (κ3) is 4.04. The number of rotatable bonds is 6. The third-order valence-corrected chi connectivity index (χ3v) is 5.90. The third-order valence-electron chi connectivity index (χ3n) is 5.90. The van der Waals surface area contributed by atoms with Crippen LogP contribution in [0.4, 0.5) is 0 Å². The van der Waals surface area contributed by atoms with Crippen molar-refractivity contribution in [3.63, 3.8) is 0 Å². The van der Waals surface area contributed by atoms with E-state index in [-0.39, 0.29) is 23.9 Å².